The third-order valence-electron chi connectivity index (χ3n) is 3.72. The first-order valence-corrected chi connectivity index (χ1v) is 8.26. The average molecular weight is 376 g/mol. The van der Waals surface area contributed by atoms with E-state index in [1.807, 2.05) is 4.90 Å². The number of carbonyl (C=O) groups excluding carboxylic acids is 1. The van der Waals surface area contributed by atoms with E-state index in [1.165, 1.54) is 0 Å². The molecule has 1 atom stereocenters. The van der Waals surface area contributed by atoms with Crippen LogP contribution in [-0.2, 0) is 23.9 Å². The lowest BCUT2D eigenvalue weighted by molar-refractivity contribution is -0.145. The van der Waals surface area contributed by atoms with Gasteiger partial charge in [-0.3, -0.25) is 9.69 Å². The van der Waals surface area contributed by atoms with Crippen LogP contribution in [0.2, 0.25) is 0 Å². The van der Waals surface area contributed by atoms with Gasteiger partial charge in [0.15, 0.2) is 0 Å². The maximum Gasteiger partial charge on any atom is 0.449 e. The number of aromatic amines is 1. The fraction of sp³-hybridized carbons (Fsp3) is 0.688. The molecule has 1 amide bonds. The molecule has 2 rings (SSSR count). The number of hydrogen-bond donors (Lipinski definition) is 2. The van der Waals surface area contributed by atoms with Crippen LogP contribution in [0.3, 0.4) is 0 Å². The Morgan fingerprint density at radius 3 is 2.62 bits per heavy atom. The van der Waals surface area contributed by atoms with Crippen molar-refractivity contribution in [3.63, 3.8) is 0 Å². The summed E-state index contributed by atoms with van der Waals surface area (Å²) in [7, 11) is 0. The molecule has 0 radical (unpaired) electrons. The lowest BCUT2D eigenvalue weighted by Gasteiger charge is -2.30. The molecule has 0 aliphatic carbocycles. The molecule has 1 aromatic heterocycles. The molecular formula is C16H23F3N4O3. The van der Waals surface area contributed by atoms with Gasteiger partial charge in [0.1, 0.15) is 5.60 Å². The maximum absolute atomic E-state index is 12.8. The summed E-state index contributed by atoms with van der Waals surface area (Å²) < 4.78 is 43.6. The summed E-state index contributed by atoms with van der Waals surface area (Å²) in [6.07, 6.45) is -4.96. The Labute approximate surface area is 148 Å². The van der Waals surface area contributed by atoms with Crippen LogP contribution in [0.1, 0.15) is 44.8 Å². The zero-order valence-electron chi connectivity index (χ0n) is 15.2. The highest BCUT2D eigenvalue weighted by molar-refractivity contribution is 5.68. The lowest BCUT2D eigenvalue weighted by Crippen LogP contribution is -2.46. The maximum atomic E-state index is 12.8. The number of ether oxygens (including phenoxy) is 1. The van der Waals surface area contributed by atoms with E-state index in [-0.39, 0.29) is 23.8 Å². The van der Waals surface area contributed by atoms with Gasteiger partial charge in [-0.1, -0.05) is 0 Å². The van der Waals surface area contributed by atoms with Crippen LogP contribution >= 0.6 is 0 Å². The molecule has 10 heteroatoms. The van der Waals surface area contributed by atoms with Crippen LogP contribution < -0.4 is 10.9 Å². The number of nitrogens with one attached hydrogen (secondary N) is 2. The smallest absolute Gasteiger partial charge is 0.444 e. The van der Waals surface area contributed by atoms with Crippen LogP contribution in [-0.4, -0.2) is 45.7 Å². The van der Waals surface area contributed by atoms with Gasteiger partial charge in [-0.25, -0.2) is 9.78 Å². The van der Waals surface area contributed by atoms with Crippen LogP contribution in [0, 0.1) is 0 Å². The summed E-state index contributed by atoms with van der Waals surface area (Å²) in [6.45, 7) is 8.02. The van der Waals surface area contributed by atoms with E-state index in [1.54, 1.807) is 32.7 Å². The minimum absolute atomic E-state index is 0.114. The number of nitrogens with zero attached hydrogens (tertiary/aromatic N) is 2. The quantitative estimate of drug-likeness (QED) is 0.843. The molecule has 146 valence electrons. The topological polar surface area (TPSA) is 87.3 Å². The van der Waals surface area contributed by atoms with Crippen molar-refractivity contribution >= 4 is 6.09 Å². The second kappa shape index (κ2) is 7.26. The Morgan fingerprint density at radius 2 is 2.04 bits per heavy atom. The van der Waals surface area contributed by atoms with Crippen molar-refractivity contribution < 1.29 is 22.7 Å². The predicted octanol–water partition coefficient (Wildman–Crippen LogP) is 2.06. The zero-order chi connectivity index (χ0) is 19.7. The van der Waals surface area contributed by atoms with Gasteiger partial charge in [0.2, 0.25) is 5.82 Å². The van der Waals surface area contributed by atoms with Crippen molar-refractivity contribution in [3.8, 4) is 0 Å². The molecule has 1 aliphatic heterocycles. The van der Waals surface area contributed by atoms with E-state index in [2.05, 4.69) is 10.3 Å². The van der Waals surface area contributed by atoms with Crippen molar-refractivity contribution in [1.29, 1.82) is 0 Å². The third kappa shape index (κ3) is 5.45. The summed E-state index contributed by atoms with van der Waals surface area (Å²) in [4.78, 5) is 30.8. The second-order valence-corrected chi connectivity index (χ2v) is 7.37. The number of aromatic nitrogens is 2. The van der Waals surface area contributed by atoms with E-state index in [0.29, 0.717) is 19.5 Å². The minimum Gasteiger partial charge on any atom is -0.444 e. The summed E-state index contributed by atoms with van der Waals surface area (Å²) >= 11 is 0. The van der Waals surface area contributed by atoms with Gasteiger partial charge in [-0.05, 0) is 34.1 Å². The molecule has 0 aromatic carbocycles. The molecule has 0 spiro atoms. The van der Waals surface area contributed by atoms with Gasteiger partial charge >= 0.3 is 12.3 Å². The van der Waals surface area contributed by atoms with E-state index < -0.39 is 29.3 Å². The highest BCUT2D eigenvalue weighted by Gasteiger charge is 2.36. The number of H-pyrrole nitrogens is 1. The number of alkyl halides is 3. The molecule has 1 unspecified atom stereocenters. The first kappa shape index (κ1) is 20.2. The monoisotopic (exact) mass is 376 g/mol. The molecule has 2 heterocycles. The van der Waals surface area contributed by atoms with Gasteiger partial charge < -0.3 is 15.0 Å². The van der Waals surface area contributed by atoms with Crippen LogP contribution in [0.5, 0.6) is 0 Å². The molecule has 1 aliphatic rings. The zero-order valence-corrected chi connectivity index (χ0v) is 15.2. The van der Waals surface area contributed by atoms with Gasteiger partial charge in [0, 0.05) is 31.2 Å². The number of carbonyl (C=O) groups is 1. The van der Waals surface area contributed by atoms with Crippen molar-refractivity contribution in [3.05, 3.63) is 27.4 Å². The Bertz CT molecular complexity index is 725. The van der Waals surface area contributed by atoms with Crippen LogP contribution in [0.15, 0.2) is 4.79 Å². The minimum atomic E-state index is -4.71. The fourth-order valence-electron chi connectivity index (χ4n) is 2.73. The largest absolute Gasteiger partial charge is 0.449 e. The Hall–Kier alpha value is -2.10. The number of rotatable bonds is 3. The standard InChI is InChI=1S/C16H23F3N4O3/c1-9(20-14(25)26-15(2,3)4)7-23-6-5-10-11(8-23)21-13(16(17,18)19)22-12(10)24/h9H,5-8H2,1-4H3,(H,20,25)(H,21,22,24). The molecule has 7 nitrogen and oxygen atoms in total. The number of alkyl carbamates (subject to hydrolysis) is 1. The van der Waals surface area contributed by atoms with Crippen molar-refractivity contribution in [2.75, 3.05) is 13.1 Å². The molecule has 0 saturated carbocycles. The van der Waals surface area contributed by atoms with Crippen LogP contribution in [0.25, 0.3) is 0 Å². The highest BCUT2D eigenvalue weighted by Crippen LogP contribution is 2.26. The molecule has 0 fully saturated rings. The summed E-state index contributed by atoms with van der Waals surface area (Å²) in [5.74, 6) is -1.29. The average Bonchev–Trinajstić information content (AvgIpc) is 2.43. The van der Waals surface area contributed by atoms with Crippen molar-refractivity contribution in [2.45, 2.75) is 58.5 Å². The second-order valence-electron chi connectivity index (χ2n) is 7.37. The number of halogens is 3. The molecule has 0 saturated heterocycles. The molecule has 0 bridgehead atoms. The fourth-order valence-corrected chi connectivity index (χ4v) is 2.73. The van der Waals surface area contributed by atoms with E-state index in [9.17, 15) is 22.8 Å². The van der Waals surface area contributed by atoms with Gasteiger partial charge in [0.05, 0.1) is 5.69 Å². The van der Waals surface area contributed by atoms with Gasteiger partial charge in [-0.15, -0.1) is 0 Å². The van der Waals surface area contributed by atoms with E-state index in [0.717, 1.165) is 0 Å². The summed E-state index contributed by atoms with van der Waals surface area (Å²) in [6, 6.07) is -0.282. The van der Waals surface area contributed by atoms with E-state index in [4.69, 9.17) is 4.74 Å². The molecule has 1 aromatic rings. The molecule has 2 N–H and O–H groups in total. The van der Waals surface area contributed by atoms with Crippen molar-refractivity contribution in [1.82, 2.24) is 20.2 Å². The number of fused-ring (bicyclic) bond motifs is 1. The molecular weight excluding hydrogens is 353 g/mol. The first-order valence-electron chi connectivity index (χ1n) is 8.26. The normalized spacial score (nSPS) is 16.7. The molecule has 26 heavy (non-hydrogen) atoms. The van der Waals surface area contributed by atoms with Gasteiger partial charge in [-0.2, -0.15) is 13.2 Å². The predicted molar refractivity (Wildman–Crippen MR) is 87.7 cm³/mol. The van der Waals surface area contributed by atoms with Crippen LogP contribution in [0.4, 0.5) is 18.0 Å². The Kier molecular flexibility index (Phi) is 5.64. The third-order valence-corrected chi connectivity index (χ3v) is 3.72. The summed E-state index contributed by atoms with van der Waals surface area (Å²) in [5.41, 5.74) is -0.965. The first-order chi connectivity index (χ1) is 11.8. The van der Waals surface area contributed by atoms with Crippen molar-refractivity contribution in [2.24, 2.45) is 0 Å². The Balaban J connectivity index is 2.02. The SMILES string of the molecule is CC(CN1CCc2c(nc(C(F)(F)F)[nH]c2=O)C1)NC(=O)OC(C)(C)C. The highest BCUT2D eigenvalue weighted by atomic mass is 19.4. The van der Waals surface area contributed by atoms with E-state index >= 15 is 0 Å². The van der Waals surface area contributed by atoms with Gasteiger partial charge in [0.25, 0.3) is 5.56 Å². The summed E-state index contributed by atoms with van der Waals surface area (Å²) in [5, 5.41) is 2.68. The Morgan fingerprint density at radius 1 is 1.38 bits per heavy atom. The lowest BCUT2D eigenvalue weighted by atomic mass is 10.1. The number of hydrogen-bond acceptors (Lipinski definition) is 5. The number of amides is 1.